The van der Waals surface area contributed by atoms with E-state index in [0.717, 1.165) is 22.3 Å². The van der Waals surface area contributed by atoms with Gasteiger partial charge in [-0.3, -0.25) is 4.79 Å². The van der Waals surface area contributed by atoms with Gasteiger partial charge in [0, 0.05) is 17.6 Å². The number of Topliss-reactive ketones (excluding diaryl/α,β-unsaturated/α-hetero) is 1. The molecule has 3 rings (SSSR count). The first-order chi connectivity index (χ1) is 7.27. The number of hydrogen-bond acceptors (Lipinski definition) is 2. The minimum absolute atomic E-state index is 0.129. The Morgan fingerprint density at radius 1 is 1.07 bits per heavy atom. The first-order valence-electron chi connectivity index (χ1n) is 5.01. The lowest BCUT2D eigenvalue weighted by Gasteiger charge is -2.10. The van der Waals surface area contributed by atoms with Crippen LogP contribution in [0.2, 0.25) is 0 Å². The molecule has 2 aliphatic rings. The maximum absolute atomic E-state index is 12.0. The summed E-state index contributed by atoms with van der Waals surface area (Å²) in [4.78, 5) is 12.0. The second kappa shape index (κ2) is 2.83. The topological polar surface area (TPSA) is 37.3 Å². The van der Waals surface area contributed by atoms with Crippen LogP contribution in [-0.4, -0.2) is 10.9 Å². The van der Waals surface area contributed by atoms with E-state index in [4.69, 9.17) is 0 Å². The maximum Gasteiger partial charge on any atom is 0.190 e. The summed E-state index contributed by atoms with van der Waals surface area (Å²) in [5, 5.41) is 9.48. The van der Waals surface area contributed by atoms with Gasteiger partial charge >= 0.3 is 0 Å². The number of aliphatic hydroxyl groups excluding tert-OH is 1. The SMILES string of the molecule is O=C1C2=C(CC(O)=CC2)c2ccccc21. The third-order valence-corrected chi connectivity index (χ3v) is 3.03. The molecule has 1 N–H and O–H groups in total. The molecule has 0 spiro atoms. The van der Waals surface area contributed by atoms with Crippen molar-refractivity contribution in [3.05, 3.63) is 52.8 Å². The van der Waals surface area contributed by atoms with Crippen LogP contribution in [0.4, 0.5) is 0 Å². The molecule has 2 heteroatoms. The van der Waals surface area contributed by atoms with Gasteiger partial charge in [-0.15, -0.1) is 0 Å². The first-order valence-corrected chi connectivity index (χ1v) is 5.01. The third-order valence-electron chi connectivity index (χ3n) is 3.03. The van der Waals surface area contributed by atoms with Gasteiger partial charge in [-0.2, -0.15) is 0 Å². The number of benzene rings is 1. The minimum Gasteiger partial charge on any atom is -0.512 e. The summed E-state index contributed by atoms with van der Waals surface area (Å²) in [7, 11) is 0. The summed E-state index contributed by atoms with van der Waals surface area (Å²) in [6.45, 7) is 0. The van der Waals surface area contributed by atoms with Crippen LogP contribution in [0.3, 0.4) is 0 Å². The number of carbonyl (C=O) groups excluding carboxylic acids is 1. The third kappa shape index (κ3) is 1.08. The van der Waals surface area contributed by atoms with Gasteiger partial charge in [0.15, 0.2) is 5.78 Å². The highest BCUT2D eigenvalue weighted by Crippen LogP contribution is 2.40. The molecule has 0 heterocycles. The average Bonchev–Trinajstić information content (AvgIpc) is 2.54. The predicted molar refractivity (Wildman–Crippen MR) is 57.6 cm³/mol. The van der Waals surface area contributed by atoms with Gasteiger partial charge in [-0.1, -0.05) is 24.3 Å². The summed E-state index contributed by atoms with van der Waals surface area (Å²) in [6, 6.07) is 7.61. The van der Waals surface area contributed by atoms with Gasteiger partial charge < -0.3 is 5.11 Å². The molecule has 0 bridgehead atoms. The number of hydrogen-bond donors (Lipinski definition) is 1. The zero-order valence-electron chi connectivity index (χ0n) is 8.16. The van der Waals surface area contributed by atoms with E-state index in [-0.39, 0.29) is 5.78 Å². The molecule has 0 amide bonds. The van der Waals surface area contributed by atoms with E-state index in [1.807, 2.05) is 24.3 Å². The molecule has 0 radical (unpaired) electrons. The van der Waals surface area contributed by atoms with Crippen molar-refractivity contribution in [2.45, 2.75) is 12.8 Å². The smallest absolute Gasteiger partial charge is 0.190 e. The molecule has 2 nitrogen and oxygen atoms in total. The molecule has 1 aromatic carbocycles. The maximum atomic E-state index is 12.0. The Bertz CT molecular complexity index is 521. The fraction of sp³-hybridized carbons (Fsp3) is 0.154. The van der Waals surface area contributed by atoms with Crippen LogP contribution in [0, 0.1) is 0 Å². The minimum atomic E-state index is 0.129. The largest absolute Gasteiger partial charge is 0.512 e. The molecule has 74 valence electrons. The van der Waals surface area contributed by atoms with E-state index >= 15 is 0 Å². The molecular formula is C13H10O2. The normalized spacial score (nSPS) is 18.7. The van der Waals surface area contributed by atoms with Gasteiger partial charge in [0.05, 0.1) is 5.76 Å². The summed E-state index contributed by atoms with van der Waals surface area (Å²) in [5.41, 5.74) is 3.65. The standard InChI is InChI=1S/C13H10O2/c14-8-5-6-11-12(7-8)9-3-1-2-4-10(9)13(11)15/h1-5,14H,6-7H2. The van der Waals surface area contributed by atoms with Gasteiger partial charge in [0.1, 0.15) is 0 Å². The van der Waals surface area contributed by atoms with Crippen molar-refractivity contribution in [1.82, 2.24) is 0 Å². The first kappa shape index (κ1) is 8.48. The number of fused-ring (bicyclic) bond motifs is 2. The van der Waals surface area contributed by atoms with Gasteiger partial charge in [-0.25, -0.2) is 0 Å². The molecule has 0 aromatic heterocycles. The Morgan fingerprint density at radius 2 is 1.80 bits per heavy atom. The van der Waals surface area contributed by atoms with E-state index in [9.17, 15) is 9.90 Å². The van der Waals surface area contributed by atoms with Crippen LogP contribution in [0.25, 0.3) is 5.57 Å². The molecule has 0 aliphatic heterocycles. The highest BCUT2D eigenvalue weighted by Gasteiger charge is 2.30. The quantitative estimate of drug-likeness (QED) is 0.696. The van der Waals surface area contributed by atoms with Gasteiger partial charge in [0.25, 0.3) is 0 Å². The van der Waals surface area contributed by atoms with E-state index in [1.165, 1.54) is 0 Å². The number of rotatable bonds is 0. The summed E-state index contributed by atoms with van der Waals surface area (Å²) < 4.78 is 0. The van der Waals surface area contributed by atoms with Crippen molar-refractivity contribution >= 4 is 11.4 Å². The van der Waals surface area contributed by atoms with Crippen LogP contribution in [-0.2, 0) is 0 Å². The summed E-state index contributed by atoms with van der Waals surface area (Å²) in [6.07, 6.45) is 2.79. The second-order valence-electron chi connectivity index (χ2n) is 3.91. The molecule has 15 heavy (non-hydrogen) atoms. The van der Waals surface area contributed by atoms with E-state index < -0.39 is 0 Å². The van der Waals surface area contributed by atoms with Crippen LogP contribution in [0.5, 0.6) is 0 Å². The van der Waals surface area contributed by atoms with Crippen molar-refractivity contribution < 1.29 is 9.90 Å². The Hall–Kier alpha value is -1.83. The molecule has 0 fully saturated rings. The van der Waals surface area contributed by atoms with Gasteiger partial charge in [0.2, 0.25) is 0 Å². The van der Waals surface area contributed by atoms with E-state index in [2.05, 4.69) is 0 Å². The molecule has 1 aromatic rings. The molecule has 0 unspecified atom stereocenters. The number of carbonyl (C=O) groups is 1. The molecule has 0 saturated heterocycles. The van der Waals surface area contributed by atoms with Crippen LogP contribution in [0.1, 0.15) is 28.8 Å². The lowest BCUT2D eigenvalue weighted by Crippen LogP contribution is -2.00. The number of ketones is 1. The van der Waals surface area contributed by atoms with Crippen LogP contribution >= 0.6 is 0 Å². The Morgan fingerprint density at radius 3 is 2.60 bits per heavy atom. The van der Waals surface area contributed by atoms with Crippen molar-refractivity contribution in [2.75, 3.05) is 0 Å². The second-order valence-corrected chi connectivity index (χ2v) is 3.91. The van der Waals surface area contributed by atoms with Crippen molar-refractivity contribution in [1.29, 1.82) is 0 Å². The Balaban J connectivity index is 2.18. The van der Waals surface area contributed by atoms with Crippen molar-refractivity contribution in [3.63, 3.8) is 0 Å². The summed E-state index contributed by atoms with van der Waals surface area (Å²) in [5.74, 6) is 0.502. The fourth-order valence-electron chi connectivity index (χ4n) is 2.30. The van der Waals surface area contributed by atoms with Crippen molar-refractivity contribution in [3.8, 4) is 0 Å². The lowest BCUT2D eigenvalue weighted by molar-refractivity contribution is 0.103. The van der Waals surface area contributed by atoms with Crippen molar-refractivity contribution in [2.24, 2.45) is 0 Å². The highest BCUT2D eigenvalue weighted by atomic mass is 16.3. The predicted octanol–water partition coefficient (Wildman–Crippen LogP) is 2.87. The number of allylic oxidation sites excluding steroid dienone is 3. The average molecular weight is 198 g/mol. The Labute approximate surface area is 87.6 Å². The molecule has 0 saturated carbocycles. The van der Waals surface area contributed by atoms with Crippen LogP contribution < -0.4 is 0 Å². The Kier molecular flexibility index (Phi) is 1.60. The van der Waals surface area contributed by atoms with E-state index in [0.29, 0.717) is 18.6 Å². The monoisotopic (exact) mass is 198 g/mol. The summed E-state index contributed by atoms with van der Waals surface area (Å²) >= 11 is 0. The number of aliphatic hydroxyl groups is 1. The van der Waals surface area contributed by atoms with Crippen LogP contribution in [0.15, 0.2) is 41.7 Å². The van der Waals surface area contributed by atoms with E-state index in [1.54, 1.807) is 6.08 Å². The van der Waals surface area contributed by atoms with Gasteiger partial charge in [-0.05, 0) is 23.6 Å². The zero-order chi connectivity index (χ0) is 10.4. The molecule has 0 atom stereocenters. The fourth-order valence-corrected chi connectivity index (χ4v) is 2.30. The lowest BCUT2D eigenvalue weighted by atomic mass is 9.96. The molecular weight excluding hydrogens is 188 g/mol. The highest BCUT2D eigenvalue weighted by molar-refractivity contribution is 6.21. The molecule has 2 aliphatic carbocycles. The zero-order valence-corrected chi connectivity index (χ0v) is 8.16.